The van der Waals surface area contributed by atoms with Crippen LogP contribution in [0, 0.1) is 0 Å². The predicted octanol–water partition coefficient (Wildman–Crippen LogP) is 3.48. The van der Waals surface area contributed by atoms with Gasteiger partial charge in [-0.1, -0.05) is 38.1 Å². The minimum absolute atomic E-state index is 0.153. The van der Waals surface area contributed by atoms with Gasteiger partial charge in [0.2, 0.25) is 0 Å². The normalized spacial score (nSPS) is 12.6. The smallest absolute Gasteiger partial charge is 0.313 e. The second-order valence-corrected chi connectivity index (χ2v) is 4.30. The number of rotatable bonds is 4. The van der Waals surface area contributed by atoms with Crippen molar-refractivity contribution in [3.8, 4) is 0 Å². The first-order valence-corrected chi connectivity index (χ1v) is 5.82. The van der Waals surface area contributed by atoms with Gasteiger partial charge in [0.05, 0.1) is 12.5 Å². The molecule has 0 amide bonds. The van der Waals surface area contributed by atoms with Crippen molar-refractivity contribution >= 4 is 5.97 Å². The van der Waals surface area contributed by atoms with Crippen LogP contribution in [0.1, 0.15) is 50.7 Å². The number of carbonyl (C=O) groups excluding carboxylic acids is 1. The molecule has 1 atom stereocenters. The van der Waals surface area contributed by atoms with Crippen LogP contribution in [-0.4, -0.2) is 12.6 Å². The molecule has 0 spiro atoms. The van der Waals surface area contributed by atoms with E-state index in [4.69, 9.17) is 4.74 Å². The molecule has 0 unspecified atom stereocenters. The fourth-order valence-electron chi connectivity index (χ4n) is 1.57. The van der Waals surface area contributed by atoms with Crippen molar-refractivity contribution in [2.45, 2.75) is 39.5 Å². The van der Waals surface area contributed by atoms with E-state index < -0.39 is 0 Å². The van der Waals surface area contributed by atoms with Crippen LogP contribution >= 0.6 is 0 Å². The van der Waals surface area contributed by atoms with E-state index in [0.717, 1.165) is 5.56 Å². The molecule has 0 bridgehead atoms. The van der Waals surface area contributed by atoms with Crippen molar-refractivity contribution in [3.63, 3.8) is 0 Å². The van der Waals surface area contributed by atoms with Crippen molar-refractivity contribution in [2.24, 2.45) is 0 Å². The number of hydrogen-bond donors (Lipinski definition) is 0. The molecular formula is C14H20O2. The Kier molecular flexibility index (Phi) is 4.53. The molecule has 0 aliphatic heterocycles. The zero-order valence-electron chi connectivity index (χ0n) is 10.5. The lowest BCUT2D eigenvalue weighted by molar-refractivity contribution is -0.144. The lowest BCUT2D eigenvalue weighted by Gasteiger charge is -2.12. The number of hydrogen-bond acceptors (Lipinski definition) is 2. The Bertz CT molecular complexity index is 338. The Morgan fingerprint density at radius 1 is 1.12 bits per heavy atom. The summed E-state index contributed by atoms with van der Waals surface area (Å²) >= 11 is 0. The maximum absolute atomic E-state index is 11.5. The van der Waals surface area contributed by atoms with Crippen LogP contribution in [0.15, 0.2) is 24.3 Å². The summed E-state index contributed by atoms with van der Waals surface area (Å²) in [5, 5.41) is 0. The van der Waals surface area contributed by atoms with Crippen molar-refractivity contribution < 1.29 is 9.53 Å². The fraction of sp³-hybridized carbons (Fsp3) is 0.500. The SMILES string of the molecule is CCOC(=O)[C@@H](C)c1ccc(C(C)C)cc1. The zero-order valence-corrected chi connectivity index (χ0v) is 10.5. The Morgan fingerprint density at radius 2 is 1.62 bits per heavy atom. The lowest BCUT2D eigenvalue weighted by atomic mass is 9.96. The summed E-state index contributed by atoms with van der Waals surface area (Å²) in [4.78, 5) is 11.5. The summed E-state index contributed by atoms with van der Waals surface area (Å²) in [6.45, 7) is 8.45. The minimum atomic E-state index is -0.179. The third-order valence-corrected chi connectivity index (χ3v) is 2.74. The van der Waals surface area contributed by atoms with E-state index in [9.17, 15) is 4.79 Å². The van der Waals surface area contributed by atoms with Crippen LogP contribution in [-0.2, 0) is 9.53 Å². The highest BCUT2D eigenvalue weighted by molar-refractivity contribution is 5.77. The topological polar surface area (TPSA) is 26.3 Å². The molecule has 0 aliphatic rings. The van der Waals surface area contributed by atoms with Crippen LogP contribution < -0.4 is 0 Å². The van der Waals surface area contributed by atoms with E-state index in [1.165, 1.54) is 5.56 Å². The average molecular weight is 220 g/mol. The van der Waals surface area contributed by atoms with E-state index >= 15 is 0 Å². The largest absolute Gasteiger partial charge is 0.466 e. The maximum Gasteiger partial charge on any atom is 0.313 e. The van der Waals surface area contributed by atoms with Crippen LogP contribution in [0.25, 0.3) is 0 Å². The molecule has 16 heavy (non-hydrogen) atoms. The maximum atomic E-state index is 11.5. The van der Waals surface area contributed by atoms with E-state index in [0.29, 0.717) is 12.5 Å². The van der Waals surface area contributed by atoms with Crippen molar-refractivity contribution in [1.29, 1.82) is 0 Å². The molecule has 0 heterocycles. The summed E-state index contributed by atoms with van der Waals surface area (Å²) in [7, 11) is 0. The number of carbonyl (C=O) groups is 1. The molecule has 1 rings (SSSR count). The summed E-state index contributed by atoms with van der Waals surface area (Å²) < 4.78 is 5.00. The van der Waals surface area contributed by atoms with Crippen LogP contribution in [0.5, 0.6) is 0 Å². The first kappa shape index (κ1) is 12.8. The highest BCUT2D eigenvalue weighted by Gasteiger charge is 2.15. The molecular weight excluding hydrogens is 200 g/mol. The zero-order chi connectivity index (χ0) is 12.1. The van der Waals surface area contributed by atoms with Gasteiger partial charge in [0.15, 0.2) is 0 Å². The Hall–Kier alpha value is -1.31. The molecule has 88 valence electrons. The highest BCUT2D eigenvalue weighted by Crippen LogP contribution is 2.20. The fourth-order valence-corrected chi connectivity index (χ4v) is 1.57. The molecule has 0 aliphatic carbocycles. The Morgan fingerprint density at radius 3 is 2.06 bits per heavy atom. The van der Waals surface area contributed by atoms with Gasteiger partial charge in [0, 0.05) is 0 Å². The first-order chi connectivity index (χ1) is 7.56. The lowest BCUT2D eigenvalue weighted by Crippen LogP contribution is -2.12. The van der Waals surface area contributed by atoms with Gasteiger partial charge in [0.1, 0.15) is 0 Å². The average Bonchev–Trinajstić information content (AvgIpc) is 2.28. The molecule has 2 nitrogen and oxygen atoms in total. The van der Waals surface area contributed by atoms with Gasteiger partial charge in [-0.15, -0.1) is 0 Å². The van der Waals surface area contributed by atoms with Gasteiger partial charge >= 0.3 is 5.97 Å². The van der Waals surface area contributed by atoms with Crippen molar-refractivity contribution in [1.82, 2.24) is 0 Å². The molecule has 0 N–H and O–H groups in total. The van der Waals surface area contributed by atoms with E-state index in [-0.39, 0.29) is 11.9 Å². The molecule has 2 heteroatoms. The quantitative estimate of drug-likeness (QED) is 0.726. The summed E-state index contributed by atoms with van der Waals surface area (Å²) in [5.41, 5.74) is 2.31. The standard InChI is InChI=1S/C14H20O2/c1-5-16-14(15)11(4)13-8-6-12(7-9-13)10(2)3/h6-11H,5H2,1-4H3/t11-/m0/s1. The third-order valence-electron chi connectivity index (χ3n) is 2.74. The van der Waals surface area contributed by atoms with Gasteiger partial charge < -0.3 is 4.74 Å². The van der Waals surface area contributed by atoms with E-state index in [1.54, 1.807) is 0 Å². The molecule has 0 radical (unpaired) electrons. The highest BCUT2D eigenvalue weighted by atomic mass is 16.5. The van der Waals surface area contributed by atoms with Gasteiger partial charge in [-0.25, -0.2) is 0 Å². The molecule has 1 aromatic carbocycles. The van der Waals surface area contributed by atoms with Gasteiger partial charge in [-0.3, -0.25) is 4.79 Å². The molecule has 0 aromatic heterocycles. The minimum Gasteiger partial charge on any atom is -0.466 e. The summed E-state index contributed by atoms with van der Waals surface area (Å²) in [6.07, 6.45) is 0. The van der Waals surface area contributed by atoms with Crippen LogP contribution in [0.4, 0.5) is 0 Å². The molecule has 0 saturated carbocycles. The van der Waals surface area contributed by atoms with Crippen molar-refractivity contribution in [2.75, 3.05) is 6.61 Å². The van der Waals surface area contributed by atoms with Crippen LogP contribution in [0.2, 0.25) is 0 Å². The van der Waals surface area contributed by atoms with Gasteiger partial charge in [-0.2, -0.15) is 0 Å². The Labute approximate surface area is 97.6 Å². The second-order valence-electron chi connectivity index (χ2n) is 4.30. The van der Waals surface area contributed by atoms with Crippen molar-refractivity contribution in [3.05, 3.63) is 35.4 Å². The monoisotopic (exact) mass is 220 g/mol. The molecule has 1 aromatic rings. The number of esters is 1. The molecule has 0 saturated heterocycles. The Balaban J connectivity index is 2.77. The molecule has 0 fully saturated rings. The van der Waals surface area contributed by atoms with E-state index in [1.807, 2.05) is 26.0 Å². The summed E-state index contributed by atoms with van der Waals surface area (Å²) in [6, 6.07) is 8.18. The van der Waals surface area contributed by atoms with E-state index in [2.05, 4.69) is 26.0 Å². The summed E-state index contributed by atoms with van der Waals surface area (Å²) in [5.74, 6) is 0.188. The second kappa shape index (κ2) is 5.69. The van der Waals surface area contributed by atoms with Gasteiger partial charge in [0.25, 0.3) is 0 Å². The number of ether oxygens (including phenoxy) is 1. The predicted molar refractivity (Wildman–Crippen MR) is 65.6 cm³/mol. The first-order valence-electron chi connectivity index (χ1n) is 5.82. The third kappa shape index (κ3) is 3.09. The van der Waals surface area contributed by atoms with Crippen LogP contribution in [0.3, 0.4) is 0 Å². The number of benzene rings is 1. The van der Waals surface area contributed by atoms with Gasteiger partial charge in [-0.05, 0) is 30.9 Å².